The molecule has 1 aromatic carbocycles. The van der Waals surface area contributed by atoms with Gasteiger partial charge in [0.15, 0.2) is 0 Å². The Morgan fingerprint density at radius 2 is 1.77 bits per heavy atom. The van der Waals surface area contributed by atoms with Gasteiger partial charge in [-0.3, -0.25) is 9.69 Å². The molecule has 1 aliphatic heterocycles. The van der Waals surface area contributed by atoms with Crippen molar-refractivity contribution < 1.29 is 9.53 Å². The number of nitrogens with zero attached hydrogens (tertiary/aromatic N) is 2. The number of rotatable bonds is 9. The number of piperazine rings is 1. The van der Waals surface area contributed by atoms with E-state index < -0.39 is 5.41 Å². The number of likely N-dealkylation sites (N-methyl/N-ethyl adjacent to an activating group) is 1. The van der Waals surface area contributed by atoms with Crippen molar-refractivity contribution >= 4 is 11.6 Å². The van der Waals surface area contributed by atoms with Gasteiger partial charge in [0.1, 0.15) is 12.4 Å². The molecule has 0 aliphatic carbocycles. The first-order valence-corrected chi connectivity index (χ1v) is 9.68. The molecule has 146 valence electrons. The number of benzene rings is 1. The lowest BCUT2D eigenvalue weighted by Crippen LogP contribution is -2.45. The van der Waals surface area contributed by atoms with E-state index in [0.29, 0.717) is 13.2 Å². The second-order valence-electron chi connectivity index (χ2n) is 7.16. The third-order valence-electron chi connectivity index (χ3n) is 5.61. The Hall–Kier alpha value is -1.63. The molecule has 1 aliphatic rings. The van der Waals surface area contributed by atoms with Crippen LogP contribution in [0.1, 0.15) is 26.7 Å². The highest BCUT2D eigenvalue weighted by atomic mass is 16.5. The molecule has 1 saturated heterocycles. The molecular weight excluding hydrogens is 328 g/mol. The molecule has 0 bridgehead atoms. The summed E-state index contributed by atoms with van der Waals surface area (Å²) in [5.41, 5.74) is 6.13. The summed E-state index contributed by atoms with van der Waals surface area (Å²) in [4.78, 5) is 17.3. The molecule has 0 aromatic heterocycles. The summed E-state index contributed by atoms with van der Waals surface area (Å²) >= 11 is 0. The maximum absolute atomic E-state index is 12.6. The van der Waals surface area contributed by atoms with Crippen LogP contribution >= 0.6 is 0 Å². The number of anilines is 1. The molecule has 1 aromatic rings. The predicted molar refractivity (Wildman–Crippen MR) is 107 cm³/mol. The Balaban J connectivity index is 1.79. The van der Waals surface area contributed by atoms with Crippen LogP contribution in [0.15, 0.2) is 24.3 Å². The molecule has 0 saturated carbocycles. The number of ether oxygens (including phenoxy) is 1. The van der Waals surface area contributed by atoms with Gasteiger partial charge in [-0.15, -0.1) is 0 Å². The van der Waals surface area contributed by atoms with Gasteiger partial charge in [-0.2, -0.15) is 0 Å². The van der Waals surface area contributed by atoms with Crippen LogP contribution in [0.5, 0.6) is 5.75 Å². The first-order chi connectivity index (χ1) is 12.5. The Bertz CT molecular complexity index is 541. The first-order valence-electron chi connectivity index (χ1n) is 9.68. The van der Waals surface area contributed by atoms with Crippen molar-refractivity contribution in [3.8, 4) is 5.75 Å². The Morgan fingerprint density at radius 3 is 2.31 bits per heavy atom. The third kappa shape index (κ3) is 5.43. The lowest BCUT2D eigenvalue weighted by molar-refractivity contribution is -0.125. The molecule has 0 atom stereocenters. The third-order valence-corrected chi connectivity index (χ3v) is 5.61. The van der Waals surface area contributed by atoms with E-state index in [4.69, 9.17) is 10.5 Å². The highest BCUT2D eigenvalue weighted by molar-refractivity contribution is 5.95. The summed E-state index contributed by atoms with van der Waals surface area (Å²) in [5, 5.41) is 2.99. The van der Waals surface area contributed by atoms with Gasteiger partial charge in [0.25, 0.3) is 0 Å². The number of hydrogen-bond donors (Lipinski definition) is 2. The summed E-state index contributed by atoms with van der Waals surface area (Å²) in [6, 6.07) is 7.58. The van der Waals surface area contributed by atoms with Crippen LogP contribution in [-0.4, -0.2) is 68.6 Å². The van der Waals surface area contributed by atoms with Gasteiger partial charge in [0, 0.05) is 45.0 Å². The minimum Gasteiger partial charge on any atom is -0.492 e. The largest absolute Gasteiger partial charge is 0.492 e. The molecule has 2 rings (SSSR count). The predicted octanol–water partition coefficient (Wildman–Crippen LogP) is 2.02. The topological polar surface area (TPSA) is 70.8 Å². The maximum atomic E-state index is 12.6. The summed E-state index contributed by atoms with van der Waals surface area (Å²) in [6.45, 7) is 10.4. The van der Waals surface area contributed by atoms with Gasteiger partial charge in [0.05, 0.1) is 5.41 Å². The number of nitrogens with two attached hydrogens (primary N) is 1. The van der Waals surface area contributed by atoms with Crippen LogP contribution < -0.4 is 15.8 Å². The SMILES string of the molecule is CCC(CC)(CN)C(=O)Nc1ccc(OCCN2CCN(C)CC2)cc1. The zero-order chi connectivity index (χ0) is 19.0. The molecule has 1 heterocycles. The molecular formula is C20H34N4O2. The smallest absolute Gasteiger partial charge is 0.231 e. The van der Waals surface area contributed by atoms with Crippen molar-refractivity contribution in [3.63, 3.8) is 0 Å². The van der Waals surface area contributed by atoms with Crippen LogP contribution in [0, 0.1) is 5.41 Å². The molecule has 1 amide bonds. The van der Waals surface area contributed by atoms with Crippen LogP contribution in [-0.2, 0) is 4.79 Å². The molecule has 3 N–H and O–H groups in total. The highest BCUT2D eigenvalue weighted by Crippen LogP contribution is 2.27. The standard InChI is InChI=1S/C20H34N4O2/c1-4-20(5-2,16-21)19(25)22-17-6-8-18(9-7-17)26-15-14-24-12-10-23(3)11-13-24/h6-9H,4-5,10-16,21H2,1-3H3,(H,22,25). The fourth-order valence-corrected chi connectivity index (χ4v) is 3.21. The monoisotopic (exact) mass is 362 g/mol. The van der Waals surface area contributed by atoms with Crippen molar-refractivity contribution in [2.45, 2.75) is 26.7 Å². The lowest BCUT2D eigenvalue weighted by atomic mass is 9.81. The quantitative estimate of drug-likeness (QED) is 0.703. The minimum absolute atomic E-state index is 0.00580. The summed E-state index contributed by atoms with van der Waals surface area (Å²) in [7, 11) is 2.16. The van der Waals surface area contributed by atoms with E-state index in [9.17, 15) is 4.79 Å². The van der Waals surface area contributed by atoms with Crippen molar-refractivity contribution in [2.75, 3.05) is 58.2 Å². The van der Waals surface area contributed by atoms with Gasteiger partial charge < -0.3 is 20.7 Å². The molecule has 26 heavy (non-hydrogen) atoms. The maximum Gasteiger partial charge on any atom is 0.231 e. The van der Waals surface area contributed by atoms with E-state index in [1.165, 1.54) is 0 Å². The molecule has 0 radical (unpaired) electrons. The van der Waals surface area contributed by atoms with Crippen molar-refractivity contribution in [1.82, 2.24) is 9.80 Å². The van der Waals surface area contributed by atoms with Crippen molar-refractivity contribution in [1.29, 1.82) is 0 Å². The number of hydrogen-bond acceptors (Lipinski definition) is 5. The zero-order valence-electron chi connectivity index (χ0n) is 16.5. The lowest BCUT2D eigenvalue weighted by Gasteiger charge is -2.32. The van der Waals surface area contributed by atoms with E-state index in [1.54, 1.807) is 0 Å². The Kier molecular flexibility index (Phi) is 7.87. The van der Waals surface area contributed by atoms with Gasteiger partial charge in [-0.25, -0.2) is 0 Å². The fraction of sp³-hybridized carbons (Fsp3) is 0.650. The minimum atomic E-state index is -0.488. The number of amides is 1. The Morgan fingerprint density at radius 1 is 1.15 bits per heavy atom. The van der Waals surface area contributed by atoms with Gasteiger partial charge >= 0.3 is 0 Å². The normalized spacial score (nSPS) is 16.5. The van der Waals surface area contributed by atoms with Crippen LogP contribution in [0.4, 0.5) is 5.69 Å². The molecule has 6 nitrogen and oxygen atoms in total. The molecule has 0 spiro atoms. The average Bonchev–Trinajstić information content (AvgIpc) is 2.67. The van der Waals surface area contributed by atoms with Gasteiger partial charge in [-0.1, -0.05) is 13.8 Å². The number of carbonyl (C=O) groups excluding carboxylic acids is 1. The van der Waals surface area contributed by atoms with E-state index >= 15 is 0 Å². The van der Waals surface area contributed by atoms with Gasteiger partial charge in [-0.05, 0) is 44.2 Å². The van der Waals surface area contributed by atoms with E-state index in [0.717, 1.165) is 57.0 Å². The van der Waals surface area contributed by atoms with Crippen LogP contribution in [0.25, 0.3) is 0 Å². The second kappa shape index (κ2) is 9.90. The highest BCUT2D eigenvalue weighted by Gasteiger charge is 2.33. The van der Waals surface area contributed by atoms with Crippen molar-refractivity contribution in [2.24, 2.45) is 11.1 Å². The van der Waals surface area contributed by atoms with Crippen molar-refractivity contribution in [3.05, 3.63) is 24.3 Å². The fourth-order valence-electron chi connectivity index (χ4n) is 3.21. The second-order valence-corrected chi connectivity index (χ2v) is 7.16. The average molecular weight is 363 g/mol. The van der Waals surface area contributed by atoms with E-state index in [-0.39, 0.29) is 5.91 Å². The van der Waals surface area contributed by atoms with Crippen LogP contribution in [0.3, 0.4) is 0 Å². The van der Waals surface area contributed by atoms with E-state index in [1.807, 2.05) is 38.1 Å². The molecule has 1 fully saturated rings. The first kappa shape index (κ1) is 20.7. The van der Waals surface area contributed by atoms with Gasteiger partial charge in [0.2, 0.25) is 5.91 Å². The molecule has 6 heteroatoms. The zero-order valence-corrected chi connectivity index (χ0v) is 16.5. The summed E-state index contributed by atoms with van der Waals surface area (Å²) in [5.74, 6) is 0.821. The Labute approximate surface area is 157 Å². The van der Waals surface area contributed by atoms with Crippen LogP contribution in [0.2, 0.25) is 0 Å². The summed E-state index contributed by atoms with van der Waals surface area (Å²) < 4.78 is 5.84. The molecule has 0 unspecified atom stereocenters. The number of carbonyl (C=O) groups is 1. The number of nitrogens with one attached hydrogen (secondary N) is 1. The summed E-state index contributed by atoms with van der Waals surface area (Å²) in [6.07, 6.45) is 1.47. The van der Waals surface area contributed by atoms with E-state index in [2.05, 4.69) is 22.2 Å².